The van der Waals surface area contributed by atoms with Gasteiger partial charge in [0.15, 0.2) is 0 Å². The van der Waals surface area contributed by atoms with Gasteiger partial charge in [-0.25, -0.2) is 0 Å². The van der Waals surface area contributed by atoms with E-state index in [1.165, 1.54) is 6.42 Å². The molecule has 0 aliphatic carbocycles. The first-order valence-electron chi connectivity index (χ1n) is 9.74. The maximum absolute atomic E-state index is 12.6. The van der Waals surface area contributed by atoms with E-state index < -0.39 is 0 Å². The lowest BCUT2D eigenvalue weighted by molar-refractivity contribution is -0.136. The first kappa shape index (κ1) is 19.5. The normalized spacial score (nSPS) is 22.4. The number of halogens is 1. The molecule has 0 saturated carbocycles. The molecule has 5 nitrogen and oxygen atoms in total. The second kappa shape index (κ2) is 9.58. The molecule has 2 fully saturated rings. The zero-order valence-corrected chi connectivity index (χ0v) is 16.5. The molecule has 3 rings (SSSR count). The van der Waals surface area contributed by atoms with E-state index in [0.29, 0.717) is 25.1 Å². The summed E-state index contributed by atoms with van der Waals surface area (Å²) in [5.74, 6) is 1.16. The third-order valence-electron chi connectivity index (χ3n) is 5.44. The van der Waals surface area contributed by atoms with E-state index in [1.54, 1.807) is 0 Å². The highest BCUT2D eigenvalue weighted by atomic mass is 35.5. The smallest absolute Gasteiger partial charge is 0.236 e. The van der Waals surface area contributed by atoms with E-state index in [2.05, 4.69) is 21.6 Å². The van der Waals surface area contributed by atoms with Crippen LogP contribution in [0, 0.1) is 0 Å². The SMILES string of the molecule is CC1CCCCN1C(=O)CN1CCN(CCOc2ccc(Cl)cc2)CC1. The van der Waals surface area contributed by atoms with Gasteiger partial charge in [0, 0.05) is 50.3 Å². The minimum atomic E-state index is 0.303. The first-order valence-corrected chi connectivity index (χ1v) is 10.1. The molecule has 1 aromatic rings. The molecule has 1 atom stereocenters. The third-order valence-corrected chi connectivity index (χ3v) is 5.69. The lowest BCUT2D eigenvalue weighted by atomic mass is 10.0. The summed E-state index contributed by atoms with van der Waals surface area (Å²) in [6.07, 6.45) is 3.55. The van der Waals surface area contributed by atoms with Crippen molar-refractivity contribution in [3.05, 3.63) is 29.3 Å². The molecule has 2 heterocycles. The number of hydrogen-bond donors (Lipinski definition) is 0. The van der Waals surface area contributed by atoms with Crippen LogP contribution in [-0.4, -0.2) is 79.1 Å². The number of rotatable bonds is 6. The number of benzene rings is 1. The fraction of sp³-hybridized carbons (Fsp3) is 0.650. The van der Waals surface area contributed by atoms with Crippen molar-refractivity contribution in [1.29, 1.82) is 0 Å². The van der Waals surface area contributed by atoms with Crippen LogP contribution in [0.25, 0.3) is 0 Å². The van der Waals surface area contributed by atoms with E-state index in [-0.39, 0.29) is 0 Å². The molecule has 2 aliphatic heterocycles. The summed E-state index contributed by atoms with van der Waals surface area (Å²) in [7, 11) is 0. The summed E-state index contributed by atoms with van der Waals surface area (Å²) in [5, 5.41) is 0.724. The average molecular weight is 380 g/mol. The maximum atomic E-state index is 12.6. The minimum absolute atomic E-state index is 0.303. The predicted octanol–water partition coefficient (Wildman–Crippen LogP) is 2.74. The van der Waals surface area contributed by atoms with Gasteiger partial charge in [0.1, 0.15) is 12.4 Å². The number of piperidine rings is 1. The quantitative estimate of drug-likeness (QED) is 0.761. The summed E-state index contributed by atoms with van der Waals surface area (Å²) in [5.41, 5.74) is 0. The lowest BCUT2D eigenvalue weighted by Crippen LogP contribution is -2.52. The van der Waals surface area contributed by atoms with Crippen molar-refractivity contribution in [3.8, 4) is 5.75 Å². The van der Waals surface area contributed by atoms with Gasteiger partial charge < -0.3 is 9.64 Å². The standard InChI is InChI=1S/C20H30ClN3O2/c1-17-4-2-3-9-24(17)20(25)16-23-12-10-22(11-13-23)14-15-26-19-7-5-18(21)6-8-19/h5-8,17H,2-4,9-16H2,1H3. The van der Waals surface area contributed by atoms with Crippen molar-refractivity contribution in [1.82, 2.24) is 14.7 Å². The van der Waals surface area contributed by atoms with Crippen LogP contribution >= 0.6 is 11.6 Å². The second-order valence-electron chi connectivity index (χ2n) is 7.35. The topological polar surface area (TPSA) is 36.0 Å². The van der Waals surface area contributed by atoms with Crippen LogP contribution in [0.5, 0.6) is 5.75 Å². The van der Waals surface area contributed by atoms with Crippen LogP contribution in [0.2, 0.25) is 5.02 Å². The Balaban J connectivity index is 1.33. The molecule has 0 spiro atoms. The monoisotopic (exact) mass is 379 g/mol. The number of amides is 1. The first-order chi connectivity index (χ1) is 12.6. The number of ether oxygens (including phenoxy) is 1. The fourth-order valence-corrected chi connectivity index (χ4v) is 3.87. The van der Waals surface area contributed by atoms with Gasteiger partial charge in [-0.3, -0.25) is 14.6 Å². The molecule has 2 saturated heterocycles. The highest BCUT2D eigenvalue weighted by Gasteiger charge is 2.26. The molecule has 0 bridgehead atoms. The Morgan fingerprint density at radius 2 is 1.77 bits per heavy atom. The molecule has 1 unspecified atom stereocenters. The van der Waals surface area contributed by atoms with Gasteiger partial charge in [-0.05, 0) is 50.5 Å². The molecule has 0 N–H and O–H groups in total. The van der Waals surface area contributed by atoms with Crippen molar-refractivity contribution in [2.75, 3.05) is 52.4 Å². The second-order valence-corrected chi connectivity index (χ2v) is 7.79. The van der Waals surface area contributed by atoms with Crippen molar-refractivity contribution in [3.63, 3.8) is 0 Å². The fourth-order valence-electron chi connectivity index (χ4n) is 3.75. The van der Waals surface area contributed by atoms with Crippen LogP contribution in [0.4, 0.5) is 0 Å². The molecular formula is C20H30ClN3O2. The Hall–Kier alpha value is -1.30. The maximum Gasteiger partial charge on any atom is 0.236 e. The Bertz CT molecular complexity index is 573. The van der Waals surface area contributed by atoms with E-state index in [1.807, 2.05) is 24.3 Å². The molecule has 6 heteroatoms. The average Bonchev–Trinajstić information content (AvgIpc) is 2.65. The minimum Gasteiger partial charge on any atom is -0.492 e. The largest absolute Gasteiger partial charge is 0.492 e. The van der Waals surface area contributed by atoms with Crippen LogP contribution in [-0.2, 0) is 4.79 Å². The van der Waals surface area contributed by atoms with Gasteiger partial charge in [-0.15, -0.1) is 0 Å². The molecular weight excluding hydrogens is 350 g/mol. The van der Waals surface area contributed by atoms with Gasteiger partial charge in [0.25, 0.3) is 0 Å². The van der Waals surface area contributed by atoms with Gasteiger partial charge in [0.2, 0.25) is 5.91 Å². The molecule has 2 aliphatic rings. The number of piperazine rings is 1. The summed E-state index contributed by atoms with van der Waals surface area (Å²) < 4.78 is 5.77. The van der Waals surface area contributed by atoms with Gasteiger partial charge in [0.05, 0.1) is 6.54 Å². The van der Waals surface area contributed by atoms with E-state index in [9.17, 15) is 4.79 Å². The molecule has 0 radical (unpaired) electrons. The molecule has 1 amide bonds. The van der Waals surface area contributed by atoms with Crippen molar-refractivity contribution in [2.24, 2.45) is 0 Å². The highest BCUT2D eigenvalue weighted by Crippen LogP contribution is 2.17. The number of hydrogen-bond acceptors (Lipinski definition) is 4. The van der Waals surface area contributed by atoms with Crippen LogP contribution < -0.4 is 4.74 Å². The van der Waals surface area contributed by atoms with Crippen molar-refractivity contribution < 1.29 is 9.53 Å². The van der Waals surface area contributed by atoms with Gasteiger partial charge >= 0.3 is 0 Å². The van der Waals surface area contributed by atoms with Crippen molar-refractivity contribution in [2.45, 2.75) is 32.2 Å². The summed E-state index contributed by atoms with van der Waals surface area (Å²) in [6, 6.07) is 7.88. The zero-order chi connectivity index (χ0) is 18.4. The molecule has 0 aromatic heterocycles. The van der Waals surface area contributed by atoms with E-state index >= 15 is 0 Å². The summed E-state index contributed by atoms with van der Waals surface area (Å²) >= 11 is 5.88. The van der Waals surface area contributed by atoms with Crippen LogP contribution in [0.3, 0.4) is 0 Å². The van der Waals surface area contributed by atoms with Gasteiger partial charge in [-0.1, -0.05) is 11.6 Å². The Morgan fingerprint density at radius 1 is 1.08 bits per heavy atom. The Labute approximate surface area is 161 Å². The highest BCUT2D eigenvalue weighted by molar-refractivity contribution is 6.30. The number of nitrogens with zero attached hydrogens (tertiary/aromatic N) is 3. The molecule has 144 valence electrons. The Morgan fingerprint density at radius 3 is 2.46 bits per heavy atom. The van der Waals surface area contributed by atoms with Gasteiger partial charge in [-0.2, -0.15) is 0 Å². The molecule has 1 aromatic carbocycles. The lowest BCUT2D eigenvalue weighted by Gasteiger charge is -2.38. The van der Waals surface area contributed by atoms with Crippen LogP contribution in [0.15, 0.2) is 24.3 Å². The number of carbonyl (C=O) groups excluding carboxylic acids is 1. The van der Waals surface area contributed by atoms with Crippen LogP contribution in [0.1, 0.15) is 26.2 Å². The number of carbonyl (C=O) groups is 1. The Kier molecular flexibility index (Phi) is 7.17. The number of likely N-dealkylation sites (tertiary alicyclic amines) is 1. The zero-order valence-electron chi connectivity index (χ0n) is 15.7. The summed E-state index contributed by atoms with van der Waals surface area (Å²) in [6.45, 7) is 9.15. The third kappa shape index (κ3) is 5.60. The molecule has 26 heavy (non-hydrogen) atoms. The summed E-state index contributed by atoms with van der Waals surface area (Å²) in [4.78, 5) is 19.3. The predicted molar refractivity (Wildman–Crippen MR) is 105 cm³/mol. The van der Waals surface area contributed by atoms with Crippen molar-refractivity contribution >= 4 is 17.5 Å². The van der Waals surface area contributed by atoms with E-state index in [4.69, 9.17) is 16.3 Å². The van der Waals surface area contributed by atoms with E-state index in [0.717, 1.165) is 62.9 Å².